The monoisotopic (exact) mass is 280 g/mol. The second kappa shape index (κ2) is 4.39. The number of rotatable bonds is 3. The highest BCUT2D eigenvalue weighted by Crippen LogP contribution is 2.23. The number of halogens is 1. The number of fused-ring (bicyclic) bond motifs is 1. The summed E-state index contributed by atoms with van der Waals surface area (Å²) in [5, 5.41) is 3.92. The van der Waals surface area contributed by atoms with Crippen LogP contribution in [-0.2, 0) is 0 Å². The van der Waals surface area contributed by atoms with Gasteiger partial charge in [-0.2, -0.15) is 0 Å². The second-order valence-electron chi connectivity index (χ2n) is 3.77. The van der Waals surface area contributed by atoms with Crippen molar-refractivity contribution in [1.29, 1.82) is 0 Å². The molecule has 2 rings (SSSR count). The fraction of sp³-hybridized carbons (Fsp3) is 0.250. The molecule has 0 unspecified atom stereocenters. The van der Waals surface area contributed by atoms with Gasteiger partial charge in [-0.1, -0.05) is 15.9 Å². The van der Waals surface area contributed by atoms with Gasteiger partial charge in [0.05, 0.1) is 6.04 Å². The Kier molecular flexibility index (Phi) is 3.12. The minimum Gasteiger partial charge on any atom is -0.360 e. The summed E-state index contributed by atoms with van der Waals surface area (Å²) in [6, 6.07) is 5.70. The smallest absolute Gasteiger partial charge is 0.181 e. The van der Waals surface area contributed by atoms with Gasteiger partial charge in [-0.25, -0.2) is 0 Å². The van der Waals surface area contributed by atoms with Gasteiger partial charge in [-0.15, -0.1) is 0 Å². The molecule has 2 aromatic rings. The van der Waals surface area contributed by atoms with Crippen LogP contribution in [0.15, 0.2) is 28.9 Å². The van der Waals surface area contributed by atoms with E-state index in [4.69, 9.17) is 0 Å². The van der Waals surface area contributed by atoms with Gasteiger partial charge in [0.25, 0.3) is 0 Å². The summed E-state index contributed by atoms with van der Waals surface area (Å²) in [5.41, 5.74) is 1.72. The zero-order valence-corrected chi connectivity index (χ0v) is 10.8. The Bertz CT molecular complexity index is 533. The summed E-state index contributed by atoms with van der Waals surface area (Å²) in [7, 11) is 1.79. The van der Waals surface area contributed by atoms with Crippen molar-refractivity contribution in [2.24, 2.45) is 0 Å². The third-order valence-electron chi connectivity index (χ3n) is 2.74. The molecule has 3 nitrogen and oxygen atoms in total. The number of ketones is 1. The van der Waals surface area contributed by atoms with Crippen molar-refractivity contribution in [3.8, 4) is 0 Å². The Morgan fingerprint density at radius 1 is 1.50 bits per heavy atom. The van der Waals surface area contributed by atoms with E-state index in [-0.39, 0.29) is 11.8 Å². The van der Waals surface area contributed by atoms with Gasteiger partial charge in [0.15, 0.2) is 5.78 Å². The minimum absolute atomic E-state index is 0.104. The van der Waals surface area contributed by atoms with Gasteiger partial charge in [-0.05, 0) is 32.2 Å². The molecule has 84 valence electrons. The van der Waals surface area contributed by atoms with E-state index in [1.54, 1.807) is 13.2 Å². The lowest BCUT2D eigenvalue weighted by Crippen LogP contribution is -2.30. The fourth-order valence-corrected chi connectivity index (χ4v) is 2.02. The van der Waals surface area contributed by atoms with Crippen molar-refractivity contribution in [1.82, 2.24) is 10.3 Å². The van der Waals surface area contributed by atoms with Crippen molar-refractivity contribution >= 4 is 32.6 Å². The highest BCUT2D eigenvalue weighted by atomic mass is 79.9. The summed E-state index contributed by atoms with van der Waals surface area (Å²) in [5.74, 6) is 0.104. The Balaban J connectivity index is 2.53. The molecule has 0 aliphatic carbocycles. The standard InChI is InChI=1S/C12H13BrN2O/c1-7(14-2)12(16)10-6-15-11-4-3-8(13)5-9(10)11/h3-7,14-15H,1-2H3/t7-/m1/s1. The van der Waals surface area contributed by atoms with Crippen LogP contribution in [0, 0.1) is 0 Å². The number of H-pyrrole nitrogens is 1. The second-order valence-corrected chi connectivity index (χ2v) is 4.68. The van der Waals surface area contributed by atoms with Crippen LogP contribution in [0.3, 0.4) is 0 Å². The number of Topliss-reactive ketones (excluding diaryl/α,β-unsaturated/α-hetero) is 1. The molecule has 0 amide bonds. The lowest BCUT2D eigenvalue weighted by Gasteiger charge is -2.07. The lowest BCUT2D eigenvalue weighted by atomic mass is 10.0. The molecule has 4 heteroatoms. The summed E-state index contributed by atoms with van der Waals surface area (Å²) < 4.78 is 0.978. The van der Waals surface area contributed by atoms with Crippen LogP contribution < -0.4 is 5.32 Å². The van der Waals surface area contributed by atoms with Crippen molar-refractivity contribution in [3.63, 3.8) is 0 Å². The van der Waals surface area contributed by atoms with E-state index in [1.807, 2.05) is 25.1 Å². The molecule has 0 saturated carbocycles. The van der Waals surface area contributed by atoms with E-state index in [0.717, 1.165) is 20.9 Å². The zero-order valence-electron chi connectivity index (χ0n) is 9.17. The van der Waals surface area contributed by atoms with Crippen LogP contribution in [-0.4, -0.2) is 23.9 Å². The van der Waals surface area contributed by atoms with E-state index >= 15 is 0 Å². The molecule has 0 radical (unpaired) electrons. The highest BCUT2D eigenvalue weighted by Gasteiger charge is 2.17. The van der Waals surface area contributed by atoms with Crippen molar-refractivity contribution in [3.05, 3.63) is 34.4 Å². The largest absolute Gasteiger partial charge is 0.360 e. The van der Waals surface area contributed by atoms with Crippen LogP contribution in [0.4, 0.5) is 0 Å². The molecule has 1 aromatic heterocycles. The van der Waals surface area contributed by atoms with Crippen LogP contribution in [0.1, 0.15) is 17.3 Å². The summed E-state index contributed by atoms with van der Waals surface area (Å²) in [6.07, 6.45) is 1.77. The number of likely N-dealkylation sites (N-methyl/N-ethyl adjacent to an activating group) is 1. The number of aromatic nitrogens is 1. The van der Waals surface area contributed by atoms with Gasteiger partial charge in [-0.3, -0.25) is 4.79 Å². The third-order valence-corrected chi connectivity index (χ3v) is 3.23. The number of carbonyl (C=O) groups is 1. The fourth-order valence-electron chi connectivity index (χ4n) is 1.66. The number of carbonyl (C=O) groups excluding carboxylic acids is 1. The van der Waals surface area contributed by atoms with Crippen molar-refractivity contribution in [2.45, 2.75) is 13.0 Å². The lowest BCUT2D eigenvalue weighted by molar-refractivity contribution is 0.0956. The highest BCUT2D eigenvalue weighted by molar-refractivity contribution is 9.10. The van der Waals surface area contributed by atoms with Gasteiger partial charge in [0.1, 0.15) is 0 Å². The molecule has 0 fully saturated rings. The van der Waals surface area contributed by atoms with Gasteiger partial charge in [0, 0.05) is 27.1 Å². The van der Waals surface area contributed by atoms with E-state index in [9.17, 15) is 4.79 Å². The van der Waals surface area contributed by atoms with Gasteiger partial charge >= 0.3 is 0 Å². The first-order chi connectivity index (χ1) is 7.63. The van der Waals surface area contributed by atoms with E-state index in [0.29, 0.717) is 0 Å². The topological polar surface area (TPSA) is 44.9 Å². The van der Waals surface area contributed by atoms with Crippen LogP contribution in [0.25, 0.3) is 10.9 Å². The molecule has 0 aliphatic rings. The molecule has 0 bridgehead atoms. The molecule has 0 spiro atoms. The predicted molar refractivity (Wildman–Crippen MR) is 68.9 cm³/mol. The van der Waals surface area contributed by atoms with Crippen LogP contribution in [0.2, 0.25) is 0 Å². The van der Waals surface area contributed by atoms with Crippen molar-refractivity contribution < 1.29 is 4.79 Å². The quantitative estimate of drug-likeness (QED) is 0.850. The molecule has 1 atom stereocenters. The molecule has 1 aromatic carbocycles. The maximum absolute atomic E-state index is 12.1. The normalized spacial score (nSPS) is 12.9. The summed E-state index contributed by atoms with van der Waals surface area (Å²) in [4.78, 5) is 15.2. The SMILES string of the molecule is CN[C@H](C)C(=O)c1c[nH]c2ccc(Br)cc12. The minimum atomic E-state index is -0.169. The van der Waals surface area contributed by atoms with Crippen LogP contribution in [0.5, 0.6) is 0 Å². The molecule has 16 heavy (non-hydrogen) atoms. The maximum atomic E-state index is 12.1. The first kappa shape index (κ1) is 11.4. The number of benzene rings is 1. The third kappa shape index (κ3) is 1.90. The number of hydrogen-bond acceptors (Lipinski definition) is 2. The summed E-state index contributed by atoms with van der Waals surface area (Å²) >= 11 is 3.41. The van der Waals surface area contributed by atoms with Gasteiger partial charge in [0.2, 0.25) is 0 Å². The van der Waals surface area contributed by atoms with Gasteiger partial charge < -0.3 is 10.3 Å². The Morgan fingerprint density at radius 3 is 2.94 bits per heavy atom. The summed E-state index contributed by atoms with van der Waals surface area (Å²) in [6.45, 7) is 1.86. The number of aromatic amines is 1. The molecular weight excluding hydrogens is 268 g/mol. The Hall–Kier alpha value is -1.13. The number of nitrogens with one attached hydrogen (secondary N) is 2. The predicted octanol–water partition coefficient (Wildman–Crippen LogP) is 2.72. The van der Waals surface area contributed by atoms with E-state index in [1.165, 1.54) is 0 Å². The average molecular weight is 281 g/mol. The molecular formula is C12H13BrN2O. The van der Waals surface area contributed by atoms with E-state index in [2.05, 4.69) is 26.2 Å². The van der Waals surface area contributed by atoms with E-state index < -0.39 is 0 Å². The first-order valence-electron chi connectivity index (χ1n) is 5.11. The number of hydrogen-bond donors (Lipinski definition) is 2. The molecule has 2 N–H and O–H groups in total. The maximum Gasteiger partial charge on any atom is 0.181 e. The van der Waals surface area contributed by atoms with Crippen molar-refractivity contribution in [2.75, 3.05) is 7.05 Å². The molecule has 0 aliphatic heterocycles. The Labute approximate surface area is 102 Å². The molecule has 1 heterocycles. The Morgan fingerprint density at radius 2 is 2.25 bits per heavy atom. The first-order valence-corrected chi connectivity index (χ1v) is 5.91. The zero-order chi connectivity index (χ0) is 11.7. The average Bonchev–Trinajstić information content (AvgIpc) is 2.69. The molecule has 0 saturated heterocycles. The van der Waals surface area contributed by atoms with Crippen LogP contribution >= 0.6 is 15.9 Å².